The van der Waals surface area contributed by atoms with Crippen molar-refractivity contribution in [1.29, 1.82) is 0 Å². The number of amides is 2. The summed E-state index contributed by atoms with van der Waals surface area (Å²) >= 11 is 11.1. The summed E-state index contributed by atoms with van der Waals surface area (Å²) in [5.74, 6) is -0.290. The van der Waals surface area contributed by atoms with Crippen molar-refractivity contribution < 1.29 is 9.59 Å². The SMILES string of the molecule is NC(=S)c1ccc(N2C(=O)CC3(CCCC3)C2=O)c(Cl)c1. The molecule has 1 aromatic rings. The first-order valence-electron chi connectivity index (χ1n) is 6.91. The summed E-state index contributed by atoms with van der Waals surface area (Å²) in [5.41, 5.74) is 6.11. The molecule has 0 atom stereocenters. The maximum atomic E-state index is 12.7. The second kappa shape index (κ2) is 5.07. The number of carbonyl (C=O) groups excluding carboxylic acids is 2. The Balaban J connectivity index is 1.99. The van der Waals surface area contributed by atoms with Crippen molar-refractivity contribution in [1.82, 2.24) is 0 Å². The average Bonchev–Trinajstić information content (AvgIpc) is 2.98. The summed E-state index contributed by atoms with van der Waals surface area (Å²) in [7, 11) is 0. The van der Waals surface area contributed by atoms with Gasteiger partial charge in [0, 0.05) is 12.0 Å². The van der Waals surface area contributed by atoms with Gasteiger partial charge in [-0.25, -0.2) is 4.90 Å². The van der Waals surface area contributed by atoms with Gasteiger partial charge in [0.1, 0.15) is 4.99 Å². The lowest BCUT2D eigenvalue weighted by molar-refractivity contribution is -0.125. The third-order valence-corrected chi connectivity index (χ3v) is 4.97. The first kappa shape index (κ1) is 14.5. The lowest BCUT2D eigenvalue weighted by Gasteiger charge is -2.21. The number of halogens is 1. The highest BCUT2D eigenvalue weighted by Crippen LogP contribution is 2.48. The molecule has 21 heavy (non-hydrogen) atoms. The number of rotatable bonds is 2. The number of thiocarbonyl (C=S) groups is 1. The molecule has 1 saturated heterocycles. The van der Waals surface area contributed by atoms with Crippen LogP contribution in [-0.2, 0) is 9.59 Å². The summed E-state index contributed by atoms with van der Waals surface area (Å²) in [6, 6.07) is 4.92. The molecule has 0 aromatic heterocycles. The molecule has 3 rings (SSSR count). The summed E-state index contributed by atoms with van der Waals surface area (Å²) < 4.78 is 0. The maximum absolute atomic E-state index is 12.7. The third kappa shape index (κ3) is 2.24. The maximum Gasteiger partial charge on any atom is 0.240 e. The molecule has 2 N–H and O–H groups in total. The van der Waals surface area contributed by atoms with E-state index in [1.165, 1.54) is 4.90 Å². The number of nitrogens with zero attached hydrogens (tertiary/aromatic N) is 1. The van der Waals surface area contributed by atoms with Gasteiger partial charge in [-0.2, -0.15) is 0 Å². The Bertz CT molecular complexity index is 653. The van der Waals surface area contributed by atoms with Gasteiger partial charge in [0.15, 0.2) is 0 Å². The number of carbonyl (C=O) groups is 2. The van der Waals surface area contributed by atoms with E-state index in [1.807, 2.05) is 0 Å². The van der Waals surface area contributed by atoms with E-state index in [0.717, 1.165) is 25.7 Å². The van der Waals surface area contributed by atoms with Crippen LogP contribution in [0.15, 0.2) is 18.2 Å². The lowest BCUT2D eigenvalue weighted by atomic mass is 9.84. The van der Waals surface area contributed by atoms with E-state index in [1.54, 1.807) is 18.2 Å². The van der Waals surface area contributed by atoms with E-state index in [4.69, 9.17) is 29.6 Å². The smallest absolute Gasteiger partial charge is 0.240 e. The van der Waals surface area contributed by atoms with Gasteiger partial charge in [-0.05, 0) is 31.0 Å². The van der Waals surface area contributed by atoms with Crippen molar-refractivity contribution in [3.63, 3.8) is 0 Å². The molecule has 0 radical (unpaired) electrons. The highest BCUT2D eigenvalue weighted by Gasteiger charge is 2.53. The van der Waals surface area contributed by atoms with Crippen LogP contribution in [0.1, 0.15) is 37.7 Å². The standard InChI is InChI=1S/C15H15ClN2O2S/c16-10-7-9(13(17)21)3-4-11(10)18-12(19)8-15(14(18)20)5-1-2-6-15/h3-4,7H,1-2,5-6,8H2,(H2,17,21). The molecule has 2 aliphatic rings. The monoisotopic (exact) mass is 322 g/mol. The van der Waals surface area contributed by atoms with Gasteiger partial charge in [-0.15, -0.1) is 0 Å². The van der Waals surface area contributed by atoms with Crippen LogP contribution in [0.25, 0.3) is 0 Å². The van der Waals surface area contributed by atoms with Crippen LogP contribution in [0.2, 0.25) is 5.02 Å². The van der Waals surface area contributed by atoms with Gasteiger partial charge in [-0.3, -0.25) is 9.59 Å². The summed E-state index contributed by atoms with van der Waals surface area (Å²) in [6.45, 7) is 0. The van der Waals surface area contributed by atoms with Gasteiger partial charge in [-0.1, -0.05) is 36.7 Å². The molecule has 6 heteroatoms. The quantitative estimate of drug-likeness (QED) is 0.671. The van der Waals surface area contributed by atoms with Crippen molar-refractivity contribution in [2.45, 2.75) is 32.1 Å². The summed E-state index contributed by atoms with van der Waals surface area (Å²) in [4.78, 5) is 26.5. The van der Waals surface area contributed by atoms with Gasteiger partial charge in [0.25, 0.3) is 0 Å². The zero-order chi connectivity index (χ0) is 15.2. The van der Waals surface area contributed by atoms with Crippen LogP contribution >= 0.6 is 23.8 Å². The molecule has 1 saturated carbocycles. The van der Waals surface area contributed by atoms with Crippen LogP contribution in [-0.4, -0.2) is 16.8 Å². The average molecular weight is 323 g/mol. The fraction of sp³-hybridized carbons (Fsp3) is 0.400. The predicted molar refractivity (Wildman–Crippen MR) is 85.4 cm³/mol. The molecule has 2 fully saturated rings. The Morgan fingerprint density at radius 3 is 2.52 bits per heavy atom. The van der Waals surface area contributed by atoms with Gasteiger partial charge in [0.2, 0.25) is 11.8 Å². The number of imide groups is 1. The fourth-order valence-electron chi connectivity index (χ4n) is 3.32. The highest BCUT2D eigenvalue weighted by atomic mass is 35.5. The van der Waals surface area contributed by atoms with E-state index in [-0.39, 0.29) is 16.8 Å². The minimum absolute atomic E-state index is 0.116. The molecule has 1 aromatic carbocycles. The van der Waals surface area contributed by atoms with Gasteiger partial charge >= 0.3 is 0 Å². The van der Waals surface area contributed by atoms with E-state index >= 15 is 0 Å². The van der Waals surface area contributed by atoms with Crippen molar-refractivity contribution >= 4 is 46.3 Å². The molecule has 0 bridgehead atoms. The summed E-state index contributed by atoms with van der Waals surface area (Å²) in [6.07, 6.45) is 3.87. The van der Waals surface area contributed by atoms with E-state index in [9.17, 15) is 9.59 Å². The van der Waals surface area contributed by atoms with Crippen molar-refractivity contribution in [2.75, 3.05) is 4.90 Å². The zero-order valence-electron chi connectivity index (χ0n) is 11.4. The first-order chi connectivity index (χ1) is 9.94. The van der Waals surface area contributed by atoms with E-state index in [2.05, 4.69) is 0 Å². The van der Waals surface area contributed by atoms with Crippen LogP contribution in [0.4, 0.5) is 5.69 Å². The Labute approximate surface area is 133 Å². The number of anilines is 1. The molecule has 1 heterocycles. The van der Waals surface area contributed by atoms with E-state index in [0.29, 0.717) is 22.7 Å². The molecule has 4 nitrogen and oxygen atoms in total. The Morgan fingerprint density at radius 2 is 1.95 bits per heavy atom. The minimum Gasteiger partial charge on any atom is -0.389 e. The Hall–Kier alpha value is -1.46. The molecular weight excluding hydrogens is 308 g/mol. The molecule has 110 valence electrons. The van der Waals surface area contributed by atoms with Crippen LogP contribution < -0.4 is 10.6 Å². The lowest BCUT2D eigenvalue weighted by Crippen LogP contribution is -2.34. The Kier molecular flexibility index (Phi) is 3.50. The Morgan fingerprint density at radius 1 is 1.29 bits per heavy atom. The van der Waals surface area contributed by atoms with Crippen LogP contribution in [0.3, 0.4) is 0 Å². The molecule has 1 spiro atoms. The second-order valence-corrected chi connectivity index (χ2v) is 6.58. The first-order valence-corrected chi connectivity index (χ1v) is 7.70. The number of hydrogen-bond acceptors (Lipinski definition) is 3. The normalized spacial score (nSPS) is 20.5. The van der Waals surface area contributed by atoms with Gasteiger partial charge in [0.05, 0.1) is 16.1 Å². The largest absolute Gasteiger partial charge is 0.389 e. The van der Waals surface area contributed by atoms with Gasteiger partial charge < -0.3 is 5.73 Å². The van der Waals surface area contributed by atoms with Crippen molar-refractivity contribution in [2.24, 2.45) is 11.1 Å². The fourth-order valence-corrected chi connectivity index (χ4v) is 3.71. The van der Waals surface area contributed by atoms with Crippen molar-refractivity contribution in [3.05, 3.63) is 28.8 Å². The zero-order valence-corrected chi connectivity index (χ0v) is 13.0. The summed E-state index contributed by atoms with van der Waals surface area (Å²) in [5, 5.41) is 0.317. The number of nitrogens with two attached hydrogens (primary N) is 1. The molecular formula is C15H15ClN2O2S. The van der Waals surface area contributed by atoms with E-state index < -0.39 is 5.41 Å². The minimum atomic E-state index is -0.498. The topological polar surface area (TPSA) is 63.4 Å². The number of hydrogen-bond donors (Lipinski definition) is 1. The molecule has 1 aliphatic carbocycles. The van der Waals surface area contributed by atoms with Crippen molar-refractivity contribution in [3.8, 4) is 0 Å². The van der Waals surface area contributed by atoms with Crippen LogP contribution in [0, 0.1) is 5.41 Å². The predicted octanol–water partition coefficient (Wildman–Crippen LogP) is 2.80. The molecule has 2 amide bonds. The number of benzene rings is 1. The second-order valence-electron chi connectivity index (χ2n) is 5.73. The highest BCUT2D eigenvalue weighted by molar-refractivity contribution is 7.80. The van der Waals surface area contributed by atoms with Crippen LogP contribution in [0.5, 0.6) is 0 Å². The third-order valence-electron chi connectivity index (χ3n) is 4.43. The molecule has 1 aliphatic heterocycles. The molecule has 0 unspecified atom stereocenters.